The Balaban J connectivity index is 2.52. The highest BCUT2D eigenvalue weighted by molar-refractivity contribution is 5.87. The molecule has 0 aliphatic carbocycles. The van der Waals surface area contributed by atoms with Crippen molar-refractivity contribution in [3.8, 4) is 0 Å². The Morgan fingerprint density at radius 3 is 2.76 bits per heavy atom. The second-order valence-electron chi connectivity index (χ2n) is 5.93. The minimum absolute atomic E-state index is 0.0741. The van der Waals surface area contributed by atoms with Gasteiger partial charge in [0.25, 0.3) is 0 Å². The molecule has 0 aromatic heterocycles. The number of hydrogen-bond acceptors (Lipinski definition) is 4. The third-order valence-corrected chi connectivity index (χ3v) is 3.69. The number of β-amino-alcohol motifs (C(OH)–C–C–N with tert-alkyl or cyclic N) is 1. The molecule has 120 valence electrons. The molecule has 1 saturated heterocycles. The summed E-state index contributed by atoms with van der Waals surface area (Å²) in [7, 11) is 5.46. The van der Waals surface area contributed by atoms with Gasteiger partial charge in [-0.1, -0.05) is 6.08 Å². The molecule has 0 aromatic rings. The van der Waals surface area contributed by atoms with E-state index in [0.29, 0.717) is 32.5 Å². The summed E-state index contributed by atoms with van der Waals surface area (Å²) in [5.74, 6) is -0.160. The summed E-state index contributed by atoms with van der Waals surface area (Å²) in [5, 5.41) is 13.1. The van der Waals surface area contributed by atoms with Crippen molar-refractivity contribution < 1.29 is 14.7 Å². The van der Waals surface area contributed by atoms with Gasteiger partial charge in [-0.25, -0.2) is 0 Å². The highest BCUT2D eigenvalue weighted by atomic mass is 16.3. The van der Waals surface area contributed by atoms with Crippen molar-refractivity contribution in [3.63, 3.8) is 0 Å². The molecule has 1 aliphatic rings. The maximum absolute atomic E-state index is 12.1. The van der Waals surface area contributed by atoms with E-state index in [2.05, 4.69) is 5.32 Å². The predicted octanol–water partition coefficient (Wildman–Crippen LogP) is -0.0161. The standard InChI is InChI=1S/C15H27N3O3/c1-16-13(19)7-9-15(21)8-5-11-18(12-15)14(20)6-4-10-17(2)3/h4,6,21H,5,7-12H2,1-3H3,(H,16,19)/b6-4+. The number of rotatable bonds is 6. The maximum Gasteiger partial charge on any atom is 0.246 e. The van der Waals surface area contributed by atoms with Gasteiger partial charge in [0, 0.05) is 39.2 Å². The second kappa shape index (κ2) is 8.14. The Morgan fingerprint density at radius 1 is 1.43 bits per heavy atom. The van der Waals surface area contributed by atoms with E-state index in [4.69, 9.17) is 0 Å². The Morgan fingerprint density at radius 2 is 2.14 bits per heavy atom. The number of nitrogens with one attached hydrogen (secondary N) is 1. The zero-order valence-corrected chi connectivity index (χ0v) is 13.3. The van der Waals surface area contributed by atoms with E-state index < -0.39 is 5.60 Å². The van der Waals surface area contributed by atoms with Crippen molar-refractivity contribution in [1.82, 2.24) is 15.1 Å². The minimum Gasteiger partial charge on any atom is -0.388 e. The third-order valence-electron chi connectivity index (χ3n) is 3.69. The van der Waals surface area contributed by atoms with Crippen LogP contribution in [0.4, 0.5) is 0 Å². The van der Waals surface area contributed by atoms with Crippen molar-refractivity contribution in [2.75, 3.05) is 40.8 Å². The zero-order chi connectivity index (χ0) is 15.9. The molecule has 2 amide bonds. The molecule has 0 saturated carbocycles. The maximum atomic E-state index is 12.1. The van der Waals surface area contributed by atoms with Gasteiger partial charge in [-0.3, -0.25) is 9.59 Å². The fourth-order valence-corrected chi connectivity index (χ4v) is 2.45. The average molecular weight is 297 g/mol. The number of hydrogen-bond donors (Lipinski definition) is 2. The molecule has 6 heteroatoms. The van der Waals surface area contributed by atoms with Crippen LogP contribution in [0.2, 0.25) is 0 Å². The van der Waals surface area contributed by atoms with Crippen LogP contribution in [-0.2, 0) is 9.59 Å². The van der Waals surface area contributed by atoms with Crippen LogP contribution in [0.25, 0.3) is 0 Å². The van der Waals surface area contributed by atoms with Crippen LogP contribution < -0.4 is 5.32 Å². The predicted molar refractivity (Wildman–Crippen MR) is 81.8 cm³/mol. The van der Waals surface area contributed by atoms with Gasteiger partial charge in [0.05, 0.1) is 5.60 Å². The number of piperidine rings is 1. The molecule has 6 nitrogen and oxygen atoms in total. The summed E-state index contributed by atoms with van der Waals surface area (Å²) in [6.07, 6.45) is 5.45. The summed E-state index contributed by atoms with van der Waals surface area (Å²) < 4.78 is 0. The van der Waals surface area contributed by atoms with Crippen LogP contribution in [-0.4, -0.2) is 73.1 Å². The number of amides is 2. The fourth-order valence-electron chi connectivity index (χ4n) is 2.45. The molecule has 21 heavy (non-hydrogen) atoms. The van der Waals surface area contributed by atoms with Gasteiger partial charge in [-0.05, 0) is 33.4 Å². The number of likely N-dealkylation sites (N-methyl/N-ethyl adjacent to an activating group) is 1. The van der Waals surface area contributed by atoms with Crippen molar-refractivity contribution in [2.24, 2.45) is 0 Å². The highest BCUT2D eigenvalue weighted by Gasteiger charge is 2.34. The topological polar surface area (TPSA) is 72.9 Å². The Hall–Kier alpha value is -1.40. The van der Waals surface area contributed by atoms with Crippen LogP contribution in [0.1, 0.15) is 25.7 Å². The van der Waals surface area contributed by atoms with Gasteiger partial charge in [-0.2, -0.15) is 0 Å². The average Bonchev–Trinajstić information content (AvgIpc) is 2.44. The number of carbonyl (C=O) groups is 2. The number of nitrogens with zero attached hydrogens (tertiary/aromatic N) is 2. The number of carbonyl (C=O) groups excluding carboxylic acids is 2. The lowest BCUT2D eigenvalue weighted by atomic mass is 9.88. The van der Waals surface area contributed by atoms with Gasteiger partial charge in [0.15, 0.2) is 0 Å². The van der Waals surface area contributed by atoms with Crippen LogP contribution in [0.5, 0.6) is 0 Å². The first-order valence-corrected chi connectivity index (χ1v) is 7.39. The third kappa shape index (κ3) is 6.27. The smallest absolute Gasteiger partial charge is 0.246 e. The van der Waals surface area contributed by atoms with Crippen molar-refractivity contribution in [1.29, 1.82) is 0 Å². The molecule has 1 rings (SSSR count). The monoisotopic (exact) mass is 297 g/mol. The first kappa shape index (κ1) is 17.7. The van der Waals surface area contributed by atoms with Crippen molar-refractivity contribution in [3.05, 3.63) is 12.2 Å². The van der Waals surface area contributed by atoms with E-state index >= 15 is 0 Å². The quantitative estimate of drug-likeness (QED) is 0.676. The second-order valence-corrected chi connectivity index (χ2v) is 5.93. The SMILES string of the molecule is CNC(=O)CCC1(O)CCCN(C(=O)/C=C/CN(C)C)C1. The van der Waals surface area contributed by atoms with E-state index in [1.807, 2.05) is 25.1 Å². The normalized spacial score (nSPS) is 22.8. The molecule has 1 atom stereocenters. The Kier molecular flexibility index (Phi) is 6.84. The van der Waals surface area contributed by atoms with Crippen LogP contribution >= 0.6 is 0 Å². The number of aliphatic hydroxyl groups is 1. The Labute approximate surface area is 126 Å². The van der Waals surface area contributed by atoms with E-state index in [1.54, 1.807) is 18.0 Å². The molecule has 1 aliphatic heterocycles. The summed E-state index contributed by atoms with van der Waals surface area (Å²) >= 11 is 0. The molecular formula is C15H27N3O3. The Bertz CT molecular complexity index is 396. The van der Waals surface area contributed by atoms with Crippen LogP contribution in [0.15, 0.2) is 12.2 Å². The van der Waals surface area contributed by atoms with Crippen LogP contribution in [0, 0.1) is 0 Å². The van der Waals surface area contributed by atoms with Crippen molar-refractivity contribution >= 4 is 11.8 Å². The molecular weight excluding hydrogens is 270 g/mol. The van der Waals surface area contributed by atoms with Gasteiger partial charge >= 0.3 is 0 Å². The lowest BCUT2D eigenvalue weighted by Gasteiger charge is -2.38. The molecule has 2 N–H and O–H groups in total. The minimum atomic E-state index is -0.949. The van der Waals surface area contributed by atoms with Gasteiger partial charge in [0.1, 0.15) is 0 Å². The van der Waals surface area contributed by atoms with Gasteiger partial charge < -0.3 is 20.2 Å². The highest BCUT2D eigenvalue weighted by Crippen LogP contribution is 2.26. The van der Waals surface area contributed by atoms with E-state index in [9.17, 15) is 14.7 Å². The van der Waals surface area contributed by atoms with Gasteiger partial charge in [-0.15, -0.1) is 0 Å². The van der Waals surface area contributed by atoms with Crippen LogP contribution in [0.3, 0.4) is 0 Å². The molecule has 1 fully saturated rings. The number of likely N-dealkylation sites (tertiary alicyclic amines) is 1. The van der Waals surface area contributed by atoms with E-state index in [-0.39, 0.29) is 18.2 Å². The summed E-state index contributed by atoms with van der Waals surface area (Å²) in [5.41, 5.74) is -0.949. The molecule has 0 radical (unpaired) electrons. The van der Waals surface area contributed by atoms with E-state index in [0.717, 1.165) is 6.42 Å². The fraction of sp³-hybridized carbons (Fsp3) is 0.733. The first-order valence-electron chi connectivity index (χ1n) is 7.39. The molecule has 0 bridgehead atoms. The van der Waals surface area contributed by atoms with Crippen molar-refractivity contribution in [2.45, 2.75) is 31.3 Å². The first-order chi connectivity index (χ1) is 9.86. The van der Waals surface area contributed by atoms with Gasteiger partial charge in [0.2, 0.25) is 11.8 Å². The summed E-state index contributed by atoms with van der Waals surface area (Å²) in [6.45, 7) is 1.67. The molecule has 0 spiro atoms. The zero-order valence-electron chi connectivity index (χ0n) is 13.3. The molecule has 0 aromatic carbocycles. The molecule has 1 unspecified atom stereocenters. The lowest BCUT2D eigenvalue weighted by Crippen LogP contribution is -2.50. The van der Waals surface area contributed by atoms with E-state index in [1.165, 1.54) is 0 Å². The largest absolute Gasteiger partial charge is 0.388 e. The lowest BCUT2D eigenvalue weighted by molar-refractivity contribution is -0.134. The molecule has 1 heterocycles. The summed E-state index contributed by atoms with van der Waals surface area (Å²) in [4.78, 5) is 27.0. The summed E-state index contributed by atoms with van der Waals surface area (Å²) in [6, 6.07) is 0.